The highest BCUT2D eigenvalue weighted by atomic mass is 32.1. The molecule has 3 rings (SSSR count). The lowest BCUT2D eigenvalue weighted by Gasteiger charge is -2.34. The molecule has 1 aromatic heterocycles. The SMILES string of the molecule is CC(C)(C)C1CCc2c(C(=O)Nc3cccc(C(=O)O)c3)csc2C1. The maximum absolute atomic E-state index is 12.7. The first kappa shape index (κ1) is 17.7. The fourth-order valence-electron chi connectivity index (χ4n) is 3.37. The number of carbonyl (C=O) groups is 2. The summed E-state index contributed by atoms with van der Waals surface area (Å²) in [6, 6.07) is 6.33. The number of benzene rings is 1. The van der Waals surface area contributed by atoms with E-state index in [1.54, 1.807) is 23.5 Å². The molecule has 2 aromatic rings. The molecule has 0 aliphatic heterocycles. The molecule has 0 saturated heterocycles. The maximum atomic E-state index is 12.7. The van der Waals surface area contributed by atoms with E-state index in [1.807, 2.05) is 5.38 Å². The predicted molar refractivity (Wildman–Crippen MR) is 101 cm³/mol. The number of anilines is 1. The second kappa shape index (κ2) is 6.64. The van der Waals surface area contributed by atoms with Gasteiger partial charge in [-0.3, -0.25) is 4.79 Å². The fraction of sp³-hybridized carbons (Fsp3) is 0.400. The second-order valence-corrected chi connectivity index (χ2v) is 8.66. The van der Waals surface area contributed by atoms with Gasteiger partial charge in [-0.05, 0) is 54.4 Å². The Labute approximate surface area is 151 Å². The molecule has 0 radical (unpaired) electrons. The number of carbonyl (C=O) groups excluding carboxylic acids is 1. The lowest BCUT2D eigenvalue weighted by molar-refractivity contribution is 0.0696. The van der Waals surface area contributed by atoms with E-state index in [0.717, 1.165) is 30.4 Å². The van der Waals surface area contributed by atoms with Gasteiger partial charge < -0.3 is 10.4 Å². The topological polar surface area (TPSA) is 66.4 Å². The quantitative estimate of drug-likeness (QED) is 0.825. The number of hydrogen-bond donors (Lipinski definition) is 2. The average Bonchev–Trinajstić information content (AvgIpc) is 2.97. The minimum Gasteiger partial charge on any atom is -0.478 e. The summed E-state index contributed by atoms with van der Waals surface area (Å²) in [5.74, 6) is -0.520. The average molecular weight is 357 g/mol. The van der Waals surface area contributed by atoms with Crippen LogP contribution in [0.4, 0.5) is 5.69 Å². The summed E-state index contributed by atoms with van der Waals surface area (Å²) < 4.78 is 0. The van der Waals surface area contributed by atoms with Crippen molar-refractivity contribution < 1.29 is 14.7 Å². The molecule has 1 aliphatic carbocycles. The van der Waals surface area contributed by atoms with E-state index in [-0.39, 0.29) is 16.9 Å². The fourth-order valence-corrected chi connectivity index (χ4v) is 4.53. The van der Waals surface area contributed by atoms with Crippen molar-refractivity contribution in [2.24, 2.45) is 11.3 Å². The zero-order valence-electron chi connectivity index (χ0n) is 14.8. The van der Waals surface area contributed by atoms with Crippen LogP contribution in [0.5, 0.6) is 0 Å². The third kappa shape index (κ3) is 3.76. The summed E-state index contributed by atoms with van der Waals surface area (Å²) in [7, 11) is 0. The third-order valence-electron chi connectivity index (χ3n) is 4.99. The van der Waals surface area contributed by atoms with Gasteiger partial charge in [-0.1, -0.05) is 26.8 Å². The number of carboxylic acid groups (broad SMARTS) is 1. The van der Waals surface area contributed by atoms with E-state index < -0.39 is 5.97 Å². The van der Waals surface area contributed by atoms with Crippen LogP contribution in [-0.2, 0) is 12.8 Å². The van der Waals surface area contributed by atoms with Crippen molar-refractivity contribution in [3.8, 4) is 0 Å². The summed E-state index contributed by atoms with van der Waals surface area (Å²) in [5, 5.41) is 13.8. The van der Waals surface area contributed by atoms with Crippen LogP contribution < -0.4 is 5.32 Å². The highest BCUT2D eigenvalue weighted by molar-refractivity contribution is 7.10. The molecular formula is C20H23NO3S. The van der Waals surface area contributed by atoms with Crippen molar-refractivity contribution in [2.45, 2.75) is 40.0 Å². The minimum atomic E-state index is -1.00. The normalized spacial score (nSPS) is 17.0. The van der Waals surface area contributed by atoms with E-state index in [4.69, 9.17) is 5.11 Å². The number of nitrogens with one attached hydrogen (secondary N) is 1. The standard InChI is InChI=1S/C20H23NO3S/c1-20(2,3)13-7-8-15-16(11-25-17(15)10-13)18(22)21-14-6-4-5-12(9-14)19(23)24/h4-6,9,11,13H,7-8,10H2,1-3H3,(H,21,22)(H,23,24). The highest BCUT2D eigenvalue weighted by Gasteiger charge is 2.31. The van der Waals surface area contributed by atoms with Crippen LogP contribution in [0.15, 0.2) is 29.6 Å². The van der Waals surface area contributed by atoms with E-state index in [2.05, 4.69) is 26.1 Å². The van der Waals surface area contributed by atoms with Gasteiger partial charge in [0.1, 0.15) is 0 Å². The zero-order chi connectivity index (χ0) is 18.2. The Morgan fingerprint density at radius 2 is 2.04 bits per heavy atom. The molecule has 0 bridgehead atoms. The van der Waals surface area contributed by atoms with Gasteiger partial charge in [-0.15, -0.1) is 11.3 Å². The Hall–Kier alpha value is -2.14. The highest BCUT2D eigenvalue weighted by Crippen LogP contribution is 2.40. The molecule has 1 heterocycles. The minimum absolute atomic E-state index is 0.158. The van der Waals surface area contributed by atoms with Gasteiger partial charge in [0.15, 0.2) is 0 Å². The molecule has 132 valence electrons. The van der Waals surface area contributed by atoms with Crippen molar-refractivity contribution in [3.63, 3.8) is 0 Å². The van der Waals surface area contributed by atoms with Crippen molar-refractivity contribution in [1.29, 1.82) is 0 Å². The van der Waals surface area contributed by atoms with Crippen LogP contribution >= 0.6 is 11.3 Å². The summed E-state index contributed by atoms with van der Waals surface area (Å²) in [4.78, 5) is 25.0. The van der Waals surface area contributed by atoms with Gasteiger partial charge in [0, 0.05) is 15.9 Å². The lowest BCUT2D eigenvalue weighted by Crippen LogP contribution is -2.27. The van der Waals surface area contributed by atoms with Crippen molar-refractivity contribution in [1.82, 2.24) is 0 Å². The van der Waals surface area contributed by atoms with Crippen LogP contribution in [-0.4, -0.2) is 17.0 Å². The number of carboxylic acids is 1. The van der Waals surface area contributed by atoms with E-state index in [9.17, 15) is 9.59 Å². The van der Waals surface area contributed by atoms with Crippen molar-refractivity contribution in [3.05, 3.63) is 51.2 Å². The lowest BCUT2D eigenvalue weighted by atomic mass is 9.72. The first-order valence-corrected chi connectivity index (χ1v) is 9.37. The molecule has 1 atom stereocenters. The van der Waals surface area contributed by atoms with Gasteiger partial charge in [-0.2, -0.15) is 0 Å². The molecule has 2 N–H and O–H groups in total. The molecule has 25 heavy (non-hydrogen) atoms. The number of amides is 1. The number of aromatic carboxylic acids is 1. The summed E-state index contributed by atoms with van der Waals surface area (Å²) in [6.07, 6.45) is 3.06. The Bertz CT molecular complexity index is 817. The molecule has 0 spiro atoms. The molecule has 1 amide bonds. The van der Waals surface area contributed by atoms with Crippen LogP contribution in [0, 0.1) is 11.3 Å². The predicted octanol–water partition coefficient (Wildman–Crippen LogP) is 4.85. The van der Waals surface area contributed by atoms with E-state index in [1.165, 1.54) is 17.0 Å². The van der Waals surface area contributed by atoms with Crippen LogP contribution in [0.25, 0.3) is 0 Å². The van der Waals surface area contributed by atoms with E-state index >= 15 is 0 Å². The number of fused-ring (bicyclic) bond motifs is 1. The Morgan fingerprint density at radius 3 is 2.72 bits per heavy atom. The third-order valence-corrected chi connectivity index (χ3v) is 6.04. The van der Waals surface area contributed by atoms with Gasteiger partial charge in [0.05, 0.1) is 11.1 Å². The van der Waals surface area contributed by atoms with Crippen LogP contribution in [0.2, 0.25) is 0 Å². The summed E-state index contributed by atoms with van der Waals surface area (Å²) in [6.45, 7) is 6.83. The van der Waals surface area contributed by atoms with Crippen LogP contribution in [0.1, 0.15) is 58.3 Å². The van der Waals surface area contributed by atoms with Crippen molar-refractivity contribution in [2.75, 3.05) is 5.32 Å². The summed E-state index contributed by atoms with van der Waals surface area (Å²) in [5.41, 5.74) is 2.85. The van der Waals surface area contributed by atoms with Crippen LogP contribution in [0.3, 0.4) is 0 Å². The zero-order valence-corrected chi connectivity index (χ0v) is 15.6. The van der Waals surface area contributed by atoms with Gasteiger partial charge in [-0.25, -0.2) is 4.79 Å². The number of thiophene rings is 1. The number of rotatable bonds is 3. The Balaban J connectivity index is 1.78. The monoisotopic (exact) mass is 357 g/mol. The molecule has 1 aliphatic rings. The molecular weight excluding hydrogens is 334 g/mol. The number of hydrogen-bond acceptors (Lipinski definition) is 3. The van der Waals surface area contributed by atoms with E-state index in [0.29, 0.717) is 11.6 Å². The van der Waals surface area contributed by atoms with Gasteiger partial charge in [0.25, 0.3) is 5.91 Å². The first-order valence-electron chi connectivity index (χ1n) is 8.49. The molecule has 5 heteroatoms. The Kier molecular flexibility index (Phi) is 4.69. The van der Waals surface area contributed by atoms with Gasteiger partial charge >= 0.3 is 5.97 Å². The second-order valence-electron chi connectivity index (χ2n) is 7.70. The maximum Gasteiger partial charge on any atom is 0.335 e. The molecule has 1 aromatic carbocycles. The molecule has 0 fully saturated rings. The molecule has 0 saturated carbocycles. The summed E-state index contributed by atoms with van der Waals surface area (Å²) >= 11 is 1.66. The van der Waals surface area contributed by atoms with Crippen molar-refractivity contribution >= 4 is 28.9 Å². The molecule has 1 unspecified atom stereocenters. The largest absolute Gasteiger partial charge is 0.478 e. The van der Waals surface area contributed by atoms with Gasteiger partial charge in [0.2, 0.25) is 0 Å². The Morgan fingerprint density at radius 1 is 1.28 bits per heavy atom. The smallest absolute Gasteiger partial charge is 0.335 e. The molecule has 4 nitrogen and oxygen atoms in total. The first-order chi connectivity index (χ1) is 11.8.